The van der Waals surface area contributed by atoms with Gasteiger partial charge in [-0.25, -0.2) is 0 Å². The molecule has 3 aromatic rings. The van der Waals surface area contributed by atoms with Gasteiger partial charge in [-0.05, 0) is 36.4 Å². The van der Waals surface area contributed by atoms with Crippen LogP contribution in [0.4, 0.5) is 0 Å². The number of aromatic nitrogens is 2. The van der Waals surface area contributed by atoms with Crippen molar-refractivity contribution in [3.05, 3.63) is 54.4 Å². The van der Waals surface area contributed by atoms with Crippen molar-refractivity contribution in [3.63, 3.8) is 0 Å². The molecule has 2 heterocycles. The number of hydrogen-bond donors (Lipinski definition) is 1. The van der Waals surface area contributed by atoms with Crippen LogP contribution in [-0.4, -0.2) is 23.0 Å². The number of amides is 1. The minimum atomic E-state index is -0.482. The zero-order valence-electron chi connectivity index (χ0n) is 11.4. The molecular formula is C16H13N3O2. The average molecular weight is 279 g/mol. The van der Waals surface area contributed by atoms with Crippen molar-refractivity contribution in [2.24, 2.45) is 5.73 Å². The summed E-state index contributed by atoms with van der Waals surface area (Å²) in [6.07, 6.45) is 3.28. The average Bonchev–Trinajstić information content (AvgIpc) is 2.54. The number of carbonyl (C=O) groups excluding carboxylic acids is 1. The highest BCUT2D eigenvalue weighted by Gasteiger charge is 2.11. The van der Waals surface area contributed by atoms with Crippen molar-refractivity contribution in [1.29, 1.82) is 0 Å². The summed E-state index contributed by atoms with van der Waals surface area (Å²) in [7, 11) is 1.62. The third-order valence-corrected chi connectivity index (χ3v) is 3.27. The number of carbonyl (C=O) groups is 1. The number of ether oxygens (including phenoxy) is 1. The highest BCUT2D eigenvalue weighted by atomic mass is 16.5. The molecule has 0 radical (unpaired) electrons. The van der Waals surface area contributed by atoms with Gasteiger partial charge in [0.15, 0.2) is 0 Å². The molecule has 0 fully saturated rings. The van der Waals surface area contributed by atoms with Crippen LogP contribution in [0.15, 0.2) is 48.8 Å². The van der Waals surface area contributed by atoms with Crippen LogP contribution in [0, 0.1) is 0 Å². The molecule has 0 atom stereocenters. The molecule has 0 aliphatic rings. The Morgan fingerprint density at radius 1 is 1.14 bits per heavy atom. The summed E-state index contributed by atoms with van der Waals surface area (Å²) in [4.78, 5) is 20.0. The molecule has 5 nitrogen and oxygen atoms in total. The van der Waals surface area contributed by atoms with Gasteiger partial charge in [0.1, 0.15) is 5.75 Å². The standard InChI is InChI=1S/C16H13N3O2/c1-21-14-5-4-11(15-12(14)3-2-7-19-15)13-9-10(16(17)20)6-8-18-13/h2-9H,1H3,(H2,17,20). The van der Waals surface area contributed by atoms with Crippen molar-refractivity contribution in [3.8, 4) is 17.0 Å². The number of methoxy groups -OCH3 is 1. The molecule has 104 valence electrons. The van der Waals surface area contributed by atoms with Gasteiger partial charge in [0.2, 0.25) is 5.91 Å². The van der Waals surface area contributed by atoms with Crippen LogP contribution in [0.25, 0.3) is 22.2 Å². The van der Waals surface area contributed by atoms with E-state index >= 15 is 0 Å². The first-order valence-corrected chi connectivity index (χ1v) is 6.38. The molecule has 0 aliphatic heterocycles. The Balaban J connectivity index is 2.26. The van der Waals surface area contributed by atoms with Gasteiger partial charge in [-0.3, -0.25) is 14.8 Å². The number of nitrogens with zero attached hydrogens (tertiary/aromatic N) is 2. The normalized spacial score (nSPS) is 10.5. The van der Waals surface area contributed by atoms with E-state index in [0.717, 1.165) is 22.2 Å². The molecule has 3 rings (SSSR count). The molecule has 0 saturated carbocycles. The van der Waals surface area contributed by atoms with Gasteiger partial charge in [-0.1, -0.05) is 0 Å². The molecule has 5 heteroatoms. The van der Waals surface area contributed by atoms with Crippen LogP contribution < -0.4 is 10.5 Å². The van der Waals surface area contributed by atoms with Crippen LogP contribution >= 0.6 is 0 Å². The number of primary amides is 1. The summed E-state index contributed by atoms with van der Waals surface area (Å²) in [5.74, 6) is 0.261. The lowest BCUT2D eigenvalue weighted by molar-refractivity contribution is 0.1000. The lowest BCUT2D eigenvalue weighted by Gasteiger charge is -2.09. The van der Waals surface area contributed by atoms with Gasteiger partial charge in [0.25, 0.3) is 0 Å². The van der Waals surface area contributed by atoms with E-state index in [1.54, 1.807) is 31.6 Å². The molecule has 0 bridgehead atoms. The summed E-state index contributed by atoms with van der Waals surface area (Å²) >= 11 is 0. The zero-order chi connectivity index (χ0) is 14.8. The van der Waals surface area contributed by atoms with E-state index in [4.69, 9.17) is 10.5 Å². The highest BCUT2D eigenvalue weighted by Crippen LogP contribution is 2.32. The van der Waals surface area contributed by atoms with Gasteiger partial charge in [0.05, 0.1) is 18.3 Å². The van der Waals surface area contributed by atoms with Crippen molar-refractivity contribution >= 4 is 16.8 Å². The smallest absolute Gasteiger partial charge is 0.248 e. The van der Waals surface area contributed by atoms with Crippen LogP contribution in [-0.2, 0) is 0 Å². The minimum Gasteiger partial charge on any atom is -0.496 e. The Hall–Kier alpha value is -2.95. The Kier molecular flexibility index (Phi) is 3.23. The van der Waals surface area contributed by atoms with Crippen molar-refractivity contribution in [2.75, 3.05) is 7.11 Å². The summed E-state index contributed by atoms with van der Waals surface area (Å²) in [6.45, 7) is 0. The molecular weight excluding hydrogens is 266 g/mol. The van der Waals surface area contributed by atoms with Crippen molar-refractivity contribution in [2.45, 2.75) is 0 Å². The van der Waals surface area contributed by atoms with E-state index in [-0.39, 0.29) is 0 Å². The van der Waals surface area contributed by atoms with Gasteiger partial charge in [-0.15, -0.1) is 0 Å². The van der Waals surface area contributed by atoms with Crippen LogP contribution in [0.5, 0.6) is 5.75 Å². The van der Waals surface area contributed by atoms with Crippen molar-refractivity contribution in [1.82, 2.24) is 9.97 Å². The summed E-state index contributed by atoms with van der Waals surface area (Å²) < 4.78 is 5.35. The second-order valence-electron chi connectivity index (χ2n) is 4.51. The molecule has 0 aliphatic carbocycles. The molecule has 0 saturated heterocycles. The molecule has 1 aromatic carbocycles. The summed E-state index contributed by atoms with van der Waals surface area (Å²) in [6, 6.07) is 10.8. The van der Waals surface area contributed by atoms with Gasteiger partial charge in [-0.2, -0.15) is 0 Å². The Bertz CT molecular complexity index is 831. The molecule has 2 N–H and O–H groups in total. The molecule has 0 spiro atoms. The first-order valence-electron chi connectivity index (χ1n) is 6.38. The number of fused-ring (bicyclic) bond motifs is 1. The predicted molar refractivity (Wildman–Crippen MR) is 80.0 cm³/mol. The Morgan fingerprint density at radius 3 is 2.76 bits per heavy atom. The largest absolute Gasteiger partial charge is 0.496 e. The predicted octanol–water partition coefficient (Wildman–Crippen LogP) is 2.40. The van der Waals surface area contributed by atoms with Crippen LogP contribution in [0.2, 0.25) is 0 Å². The highest BCUT2D eigenvalue weighted by molar-refractivity contribution is 5.98. The first-order chi connectivity index (χ1) is 10.2. The lowest BCUT2D eigenvalue weighted by Crippen LogP contribution is -2.11. The maximum absolute atomic E-state index is 11.3. The fraction of sp³-hybridized carbons (Fsp3) is 0.0625. The number of hydrogen-bond acceptors (Lipinski definition) is 4. The fourth-order valence-corrected chi connectivity index (χ4v) is 2.26. The third-order valence-electron chi connectivity index (χ3n) is 3.27. The van der Waals surface area contributed by atoms with Gasteiger partial charge < -0.3 is 10.5 Å². The minimum absolute atomic E-state index is 0.417. The van der Waals surface area contributed by atoms with E-state index in [1.807, 2.05) is 24.3 Å². The van der Waals surface area contributed by atoms with Crippen LogP contribution in [0.3, 0.4) is 0 Å². The van der Waals surface area contributed by atoms with E-state index in [1.165, 1.54) is 0 Å². The second-order valence-corrected chi connectivity index (χ2v) is 4.51. The molecule has 21 heavy (non-hydrogen) atoms. The SMILES string of the molecule is COc1ccc(-c2cc(C(N)=O)ccn2)c2ncccc12. The van der Waals surface area contributed by atoms with Gasteiger partial charge >= 0.3 is 0 Å². The second kappa shape index (κ2) is 5.20. The number of rotatable bonds is 3. The molecule has 2 aromatic heterocycles. The van der Waals surface area contributed by atoms with E-state index in [9.17, 15) is 4.79 Å². The van der Waals surface area contributed by atoms with E-state index < -0.39 is 5.91 Å². The van der Waals surface area contributed by atoms with Crippen LogP contribution in [0.1, 0.15) is 10.4 Å². The summed E-state index contributed by atoms with van der Waals surface area (Å²) in [5, 5.41) is 0.892. The quantitative estimate of drug-likeness (QED) is 0.798. The van der Waals surface area contributed by atoms with Gasteiger partial charge in [0, 0.05) is 28.9 Å². The van der Waals surface area contributed by atoms with Crippen molar-refractivity contribution < 1.29 is 9.53 Å². The Morgan fingerprint density at radius 2 is 2.00 bits per heavy atom. The third kappa shape index (κ3) is 2.29. The summed E-state index contributed by atoms with van der Waals surface area (Å²) in [5.41, 5.74) is 7.98. The van der Waals surface area contributed by atoms with E-state index in [0.29, 0.717) is 11.3 Å². The molecule has 0 unspecified atom stereocenters. The zero-order valence-corrected chi connectivity index (χ0v) is 11.4. The maximum atomic E-state index is 11.3. The number of benzene rings is 1. The topological polar surface area (TPSA) is 78.1 Å². The Labute approximate surface area is 121 Å². The monoisotopic (exact) mass is 279 g/mol. The maximum Gasteiger partial charge on any atom is 0.248 e. The fourth-order valence-electron chi connectivity index (χ4n) is 2.26. The number of nitrogens with two attached hydrogens (primary N) is 1. The molecule has 1 amide bonds. The first kappa shape index (κ1) is 13.1. The number of pyridine rings is 2. The lowest BCUT2D eigenvalue weighted by atomic mass is 10.0. The van der Waals surface area contributed by atoms with E-state index in [2.05, 4.69) is 9.97 Å².